The van der Waals surface area contributed by atoms with E-state index in [4.69, 9.17) is 5.26 Å². The van der Waals surface area contributed by atoms with Crippen molar-refractivity contribution in [3.8, 4) is 17.9 Å². The molecule has 1 fully saturated rings. The third kappa shape index (κ3) is 7.79. The van der Waals surface area contributed by atoms with E-state index in [-0.39, 0.29) is 0 Å². The maximum Gasteiger partial charge on any atom is 0.152 e. The molecule has 134 valence electrons. The molecule has 1 aliphatic carbocycles. The third-order valence-electron chi connectivity index (χ3n) is 5.74. The van der Waals surface area contributed by atoms with Crippen LogP contribution in [0.25, 0.3) is 0 Å². The molecule has 0 radical (unpaired) electrons. The summed E-state index contributed by atoms with van der Waals surface area (Å²) in [5.74, 6) is 7.24. The Morgan fingerprint density at radius 3 is 2.16 bits per heavy atom. The van der Waals surface area contributed by atoms with Crippen LogP contribution < -0.4 is 0 Å². The molecule has 0 saturated heterocycles. The average Bonchev–Trinajstić information content (AvgIpc) is 2.66. The molecule has 0 N–H and O–H groups in total. The van der Waals surface area contributed by atoms with Crippen LogP contribution in [0.2, 0.25) is 0 Å². The molecule has 0 atom stereocenters. The van der Waals surface area contributed by atoms with Crippen molar-refractivity contribution >= 4 is 0 Å². The third-order valence-corrected chi connectivity index (χ3v) is 5.74. The first-order chi connectivity index (χ1) is 12.3. The van der Waals surface area contributed by atoms with Crippen LogP contribution in [-0.4, -0.2) is 0 Å². The van der Waals surface area contributed by atoms with E-state index < -0.39 is 0 Å². The highest BCUT2D eigenvalue weighted by Crippen LogP contribution is 2.34. The summed E-state index contributed by atoms with van der Waals surface area (Å²) in [5, 5.41) is 8.49. The van der Waals surface area contributed by atoms with E-state index in [0.717, 1.165) is 17.4 Å². The van der Waals surface area contributed by atoms with Gasteiger partial charge in [0.05, 0.1) is 0 Å². The fourth-order valence-corrected chi connectivity index (χ4v) is 4.07. The summed E-state index contributed by atoms with van der Waals surface area (Å²) in [5.41, 5.74) is 2.34. The lowest BCUT2D eigenvalue weighted by Gasteiger charge is -2.28. The first-order valence-electron chi connectivity index (χ1n) is 10.3. The molecular weight excluding hydrogens is 302 g/mol. The second kappa shape index (κ2) is 11.8. The standard InChI is InChI=1S/C24H33N/c1-2-3-4-5-6-8-21-10-14-23(15-11-21)18-19-24-16-12-22(13-17-24)9-7-20-25/h12-13,16-17,21,23H,2-6,8,10-11,14-15,18-19H2,1H3/t21-,23-. The van der Waals surface area contributed by atoms with Gasteiger partial charge in [-0.25, -0.2) is 0 Å². The van der Waals surface area contributed by atoms with Crippen LogP contribution >= 0.6 is 0 Å². The summed E-state index contributed by atoms with van der Waals surface area (Å²) in [4.78, 5) is 0. The summed E-state index contributed by atoms with van der Waals surface area (Å²) in [7, 11) is 0. The van der Waals surface area contributed by atoms with Gasteiger partial charge in [0, 0.05) is 11.5 Å². The average molecular weight is 336 g/mol. The zero-order valence-corrected chi connectivity index (χ0v) is 15.9. The number of rotatable bonds is 9. The number of nitriles is 1. The Labute approximate surface area is 154 Å². The monoisotopic (exact) mass is 335 g/mol. The van der Waals surface area contributed by atoms with Gasteiger partial charge in [-0.2, -0.15) is 5.26 Å². The minimum atomic E-state index is 0.925. The van der Waals surface area contributed by atoms with Crippen molar-refractivity contribution in [3.05, 3.63) is 35.4 Å². The van der Waals surface area contributed by atoms with Crippen LogP contribution in [0.15, 0.2) is 24.3 Å². The van der Waals surface area contributed by atoms with Crippen molar-refractivity contribution in [2.24, 2.45) is 11.8 Å². The van der Waals surface area contributed by atoms with Crippen LogP contribution in [0.3, 0.4) is 0 Å². The Kier molecular flexibility index (Phi) is 9.22. The topological polar surface area (TPSA) is 23.8 Å². The zero-order chi connectivity index (χ0) is 17.7. The molecule has 25 heavy (non-hydrogen) atoms. The van der Waals surface area contributed by atoms with Gasteiger partial charge in [-0.3, -0.25) is 0 Å². The van der Waals surface area contributed by atoms with Crippen molar-refractivity contribution in [2.45, 2.75) is 84.0 Å². The zero-order valence-electron chi connectivity index (χ0n) is 15.9. The molecule has 1 nitrogen and oxygen atoms in total. The lowest BCUT2D eigenvalue weighted by Crippen LogP contribution is -2.15. The number of benzene rings is 1. The molecule has 0 aliphatic heterocycles. The molecule has 2 rings (SSSR count). The number of hydrogen-bond donors (Lipinski definition) is 0. The number of nitrogens with zero attached hydrogens (tertiary/aromatic N) is 1. The van der Waals surface area contributed by atoms with Gasteiger partial charge in [0.2, 0.25) is 0 Å². The number of aryl methyl sites for hydroxylation is 1. The normalized spacial score (nSPS) is 19.7. The molecule has 0 heterocycles. The first-order valence-corrected chi connectivity index (χ1v) is 10.3. The van der Waals surface area contributed by atoms with E-state index in [1.807, 2.05) is 18.2 Å². The molecular formula is C24H33N. The summed E-state index contributed by atoms with van der Waals surface area (Å²) >= 11 is 0. The maximum absolute atomic E-state index is 8.49. The molecule has 1 saturated carbocycles. The quantitative estimate of drug-likeness (QED) is 0.365. The van der Waals surface area contributed by atoms with E-state index in [0.29, 0.717) is 0 Å². The molecule has 1 aliphatic rings. The van der Waals surface area contributed by atoms with Gasteiger partial charge in [0.1, 0.15) is 0 Å². The highest BCUT2D eigenvalue weighted by molar-refractivity contribution is 5.39. The van der Waals surface area contributed by atoms with Gasteiger partial charge in [-0.15, -0.1) is 0 Å². The SMILES string of the molecule is CCCCCCC[C@H]1CC[C@H](CCc2ccc(C#CC#N)cc2)CC1. The molecule has 0 bridgehead atoms. The van der Waals surface area contributed by atoms with Gasteiger partial charge in [-0.1, -0.05) is 89.2 Å². The minimum absolute atomic E-state index is 0.925. The molecule has 0 spiro atoms. The molecule has 0 aromatic heterocycles. The van der Waals surface area contributed by atoms with Gasteiger partial charge in [0.25, 0.3) is 0 Å². The van der Waals surface area contributed by atoms with Gasteiger partial charge >= 0.3 is 0 Å². The van der Waals surface area contributed by atoms with Crippen molar-refractivity contribution in [1.82, 2.24) is 0 Å². The van der Waals surface area contributed by atoms with Gasteiger partial charge in [0.15, 0.2) is 6.07 Å². The minimum Gasteiger partial charge on any atom is -0.183 e. The Morgan fingerprint density at radius 2 is 1.52 bits per heavy atom. The molecule has 1 aromatic carbocycles. The van der Waals surface area contributed by atoms with E-state index in [9.17, 15) is 0 Å². The van der Waals surface area contributed by atoms with E-state index >= 15 is 0 Å². The van der Waals surface area contributed by atoms with Crippen LogP contribution in [-0.2, 0) is 6.42 Å². The lowest BCUT2D eigenvalue weighted by atomic mass is 9.77. The predicted molar refractivity (Wildman–Crippen MR) is 106 cm³/mol. The molecule has 0 amide bonds. The Bertz CT molecular complexity index is 573. The molecule has 0 unspecified atom stereocenters. The second-order valence-corrected chi connectivity index (χ2v) is 7.69. The van der Waals surface area contributed by atoms with Gasteiger partial charge in [-0.05, 0) is 42.4 Å². The summed E-state index contributed by atoms with van der Waals surface area (Å²) in [6.45, 7) is 2.29. The van der Waals surface area contributed by atoms with Crippen LogP contribution in [0.1, 0.15) is 88.7 Å². The van der Waals surface area contributed by atoms with E-state index in [1.54, 1.807) is 0 Å². The first kappa shape index (κ1) is 19.6. The highest BCUT2D eigenvalue weighted by Gasteiger charge is 2.20. The van der Waals surface area contributed by atoms with Crippen molar-refractivity contribution < 1.29 is 0 Å². The fourth-order valence-electron chi connectivity index (χ4n) is 4.07. The van der Waals surface area contributed by atoms with Gasteiger partial charge < -0.3 is 0 Å². The number of unbranched alkanes of at least 4 members (excludes halogenated alkanes) is 4. The smallest absolute Gasteiger partial charge is 0.152 e. The summed E-state index contributed by atoms with van der Waals surface area (Å²) in [6.07, 6.45) is 16.9. The Balaban J connectivity index is 1.61. The summed E-state index contributed by atoms with van der Waals surface area (Å²) < 4.78 is 0. The maximum atomic E-state index is 8.49. The van der Waals surface area contributed by atoms with Crippen LogP contribution in [0.4, 0.5) is 0 Å². The Morgan fingerprint density at radius 1 is 0.880 bits per heavy atom. The van der Waals surface area contributed by atoms with Crippen molar-refractivity contribution in [2.75, 3.05) is 0 Å². The largest absolute Gasteiger partial charge is 0.183 e. The van der Waals surface area contributed by atoms with Crippen LogP contribution in [0, 0.1) is 35.0 Å². The van der Waals surface area contributed by atoms with E-state index in [2.05, 4.69) is 30.9 Å². The highest BCUT2D eigenvalue weighted by atomic mass is 14.3. The number of hydrogen-bond acceptors (Lipinski definition) is 1. The molecule has 1 heteroatoms. The fraction of sp³-hybridized carbons (Fsp3) is 0.625. The van der Waals surface area contributed by atoms with Crippen LogP contribution in [0.5, 0.6) is 0 Å². The van der Waals surface area contributed by atoms with Crippen molar-refractivity contribution in [1.29, 1.82) is 5.26 Å². The Hall–Kier alpha value is -1.73. The second-order valence-electron chi connectivity index (χ2n) is 7.69. The summed E-state index contributed by atoms with van der Waals surface area (Å²) in [6, 6.07) is 10.3. The lowest BCUT2D eigenvalue weighted by molar-refractivity contribution is 0.248. The molecule has 1 aromatic rings. The van der Waals surface area contributed by atoms with E-state index in [1.165, 1.54) is 82.6 Å². The predicted octanol–water partition coefficient (Wildman–Crippen LogP) is 6.66. The van der Waals surface area contributed by atoms with Crippen molar-refractivity contribution in [3.63, 3.8) is 0 Å².